The van der Waals surface area contributed by atoms with Crippen LogP contribution >= 0.6 is 15.9 Å². The summed E-state index contributed by atoms with van der Waals surface area (Å²) in [5.74, 6) is 0.962. The summed E-state index contributed by atoms with van der Waals surface area (Å²) in [6.45, 7) is 2.08. The van der Waals surface area contributed by atoms with Crippen LogP contribution in [0.25, 0.3) is 0 Å². The molecule has 2 N–H and O–H groups in total. The van der Waals surface area contributed by atoms with Crippen molar-refractivity contribution >= 4 is 21.9 Å². The molecule has 102 valence electrons. The van der Waals surface area contributed by atoms with E-state index in [1.165, 1.54) is 18.1 Å². The molecule has 2 fully saturated rings. The van der Waals surface area contributed by atoms with Crippen molar-refractivity contribution in [2.45, 2.75) is 31.2 Å². The number of benzene rings is 1. The molecule has 0 spiro atoms. The number of rotatable bonds is 2. The maximum atomic E-state index is 13.2. The van der Waals surface area contributed by atoms with E-state index in [0.29, 0.717) is 22.4 Å². The average molecular weight is 326 g/mol. The van der Waals surface area contributed by atoms with Gasteiger partial charge in [-0.05, 0) is 58.8 Å². The minimum absolute atomic E-state index is 0.209. The standard InChI is InChI=1S/C14H17BrFN3/c15-12-8-9(2-3-13(12)16)10-6-11(7-10)18-14(17)19-4-1-5-19/h2-3,8,10-11H,1,4-7H2,(H2,17,18). The summed E-state index contributed by atoms with van der Waals surface area (Å²) in [5, 5.41) is 0. The average Bonchev–Trinajstić information content (AvgIpc) is 2.24. The molecule has 1 aromatic rings. The van der Waals surface area contributed by atoms with Gasteiger partial charge in [0.1, 0.15) is 5.82 Å². The number of hydrogen-bond acceptors (Lipinski definition) is 1. The van der Waals surface area contributed by atoms with E-state index in [0.717, 1.165) is 25.9 Å². The van der Waals surface area contributed by atoms with Crippen LogP contribution in [0.4, 0.5) is 4.39 Å². The molecule has 1 aliphatic heterocycles. The van der Waals surface area contributed by atoms with E-state index in [4.69, 9.17) is 5.73 Å². The maximum absolute atomic E-state index is 13.2. The van der Waals surface area contributed by atoms with E-state index >= 15 is 0 Å². The van der Waals surface area contributed by atoms with Crippen LogP contribution in [0.5, 0.6) is 0 Å². The van der Waals surface area contributed by atoms with Gasteiger partial charge in [0.05, 0.1) is 10.5 Å². The van der Waals surface area contributed by atoms with Gasteiger partial charge in [0.25, 0.3) is 0 Å². The van der Waals surface area contributed by atoms with Gasteiger partial charge in [-0.3, -0.25) is 0 Å². The van der Waals surface area contributed by atoms with Crippen LogP contribution in [0.2, 0.25) is 0 Å². The SMILES string of the molecule is NC(=NC1CC(c2ccc(F)c(Br)c2)C1)N1CCC1. The number of nitrogens with two attached hydrogens (primary N) is 1. The molecule has 0 unspecified atom stereocenters. The molecule has 1 saturated heterocycles. The Morgan fingerprint density at radius 2 is 2.11 bits per heavy atom. The number of nitrogens with zero attached hydrogens (tertiary/aromatic N) is 2. The molecule has 0 atom stereocenters. The fraction of sp³-hybridized carbons (Fsp3) is 0.500. The van der Waals surface area contributed by atoms with Gasteiger partial charge in [0.2, 0.25) is 0 Å². The molecule has 1 heterocycles. The number of likely N-dealkylation sites (tertiary alicyclic amines) is 1. The lowest BCUT2D eigenvalue weighted by Gasteiger charge is -2.36. The second kappa shape index (κ2) is 5.12. The summed E-state index contributed by atoms with van der Waals surface area (Å²) < 4.78 is 13.7. The lowest BCUT2D eigenvalue weighted by Crippen LogP contribution is -2.47. The van der Waals surface area contributed by atoms with Crippen LogP contribution in [0.15, 0.2) is 27.7 Å². The Labute approximate surface area is 120 Å². The summed E-state index contributed by atoms with van der Waals surface area (Å²) in [6, 6.07) is 5.58. The normalized spacial score (nSPS) is 26.8. The topological polar surface area (TPSA) is 41.6 Å². The zero-order valence-electron chi connectivity index (χ0n) is 10.6. The monoisotopic (exact) mass is 325 g/mol. The summed E-state index contributed by atoms with van der Waals surface area (Å²) in [5.41, 5.74) is 7.12. The molecule has 1 saturated carbocycles. The van der Waals surface area contributed by atoms with E-state index < -0.39 is 0 Å². The van der Waals surface area contributed by atoms with Crippen LogP contribution in [0.1, 0.15) is 30.7 Å². The van der Waals surface area contributed by atoms with Crippen molar-refractivity contribution in [3.05, 3.63) is 34.1 Å². The first-order valence-corrected chi connectivity index (χ1v) is 7.46. The fourth-order valence-electron chi connectivity index (χ4n) is 2.55. The highest BCUT2D eigenvalue weighted by molar-refractivity contribution is 9.10. The predicted octanol–water partition coefficient (Wildman–Crippen LogP) is 2.85. The van der Waals surface area contributed by atoms with Gasteiger partial charge in [-0.15, -0.1) is 0 Å². The van der Waals surface area contributed by atoms with Gasteiger partial charge >= 0.3 is 0 Å². The minimum atomic E-state index is -0.209. The number of halogens is 2. The third-order valence-corrected chi connectivity index (χ3v) is 4.63. The summed E-state index contributed by atoms with van der Waals surface area (Å²) in [4.78, 5) is 6.67. The molecule has 0 radical (unpaired) electrons. The maximum Gasteiger partial charge on any atom is 0.191 e. The van der Waals surface area contributed by atoms with E-state index in [1.807, 2.05) is 12.1 Å². The third kappa shape index (κ3) is 2.61. The van der Waals surface area contributed by atoms with Crippen molar-refractivity contribution in [3.63, 3.8) is 0 Å². The van der Waals surface area contributed by atoms with Crippen LogP contribution in [0.3, 0.4) is 0 Å². The van der Waals surface area contributed by atoms with E-state index in [2.05, 4.69) is 25.8 Å². The highest BCUT2D eigenvalue weighted by Crippen LogP contribution is 2.39. The first-order chi connectivity index (χ1) is 9.13. The smallest absolute Gasteiger partial charge is 0.191 e. The highest BCUT2D eigenvalue weighted by Gasteiger charge is 2.31. The Morgan fingerprint density at radius 1 is 1.37 bits per heavy atom. The Hall–Kier alpha value is -1.10. The van der Waals surface area contributed by atoms with Gasteiger partial charge in [-0.1, -0.05) is 6.07 Å². The molecule has 19 heavy (non-hydrogen) atoms. The van der Waals surface area contributed by atoms with Crippen molar-refractivity contribution in [2.75, 3.05) is 13.1 Å². The van der Waals surface area contributed by atoms with E-state index in [9.17, 15) is 4.39 Å². The van der Waals surface area contributed by atoms with E-state index in [-0.39, 0.29) is 5.82 Å². The number of aliphatic imine (C=N–C) groups is 1. The molecule has 3 nitrogen and oxygen atoms in total. The molecule has 0 bridgehead atoms. The first kappa shape index (κ1) is 12.9. The van der Waals surface area contributed by atoms with Gasteiger partial charge < -0.3 is 10.6 Å². The van der Waals surface area contributed by atoms with Crippen molar-refractivity contribution in [1.29, 1.82) is 0 Å². The van der Waals surface area contributed by atoms with Crippen molar-refractivity contribution in [2.24, 2.45) is 10.7 Å². The molecule has 1 aromatic carbocycles. The second-order valence-electron chi connectivity index (χ2n) is 5.32. The summed E-state index contributed by atoms with van der Waals surface area (Å²) in [7, 11) is 0. The molecule has 0 amide bonds. The zero-order valence-corrected chi connectivity index (χ0v) is 12.2. The van der Waals surface area contributed by atoms with Gasteiger partial charge in [0.15, 0.2) is 5.96 Å². The van der Waals surface area contributed by atoms with Gasteiger partial charge in [-0.2, -0.15) is 0 Å². The number of hydrogen-bond donors (Lipinski definition) is 1. The van der Waals surface area contributed by atoms with Crippen molar-refractivity contribution in [3.8, 4) is 0 Å². The molecule has 3 rings (SSSR count). The van der Waals surface area contributed by atoms with Crippen LogP contribution < -0.4 is 5.73 Å². The Bertz CT molecular complexity index is 507. The Morgan fingerprint density at radius 3 is 2.68 bits per heavy atom. The lowest BCUT2D eigenvalue weighted by molar-refractivity contribution is 0.286. The van der Waals surface area contributed by atoms with Gasteiger partial charge in [-0.25, -0.2) is 9.38 Å². The minimum Gasteiger partial charge on any atom is -0.370 e. The van der Waals surface area contributed by atoms with Crippen LogP contribution in [-0.4, -0.2) is 30.0 Å². The molecule has 5 heteroatoms. The molecule has 2 aliphatic rings. The van der Waals surface area contributed by atoms with Gasteiger partial charge in [0, 0.05) is 13.1 Å². The largest absolute Gasteiger partial charge is 0.370 e. The number of guanidine groups is 1. The zero-order chi connectivity index (χ0) is 13.4. The lowest BCUT2D eigenvalue weighted by atomic mass is 9.76. The third-order valence-electron chi connectivity index (χ3n) is 4.02. The van der Waals surface area contributed by atoms with Crippen molar-refractivity contribution < 1.29 is 4.39 Å². The van der Waals surface area contributed by atoms with Crippen molar-refractivity contribution in [1.82, 2.24) is 4.90 Å². The molecular formula is C14H17BrFN3. The Balaban J connectivity index is 1.58. The quantitative estimate of drug-likeness (QED) is 0.671. The Kier molecular flexibility index (Phi) is 3.48. The summed E-state index contributed by atoms with van der Waals surface area (Å²) in [6.07, 6.45) is 3.23. The molecule has 0 aromatic heterocycles. The fourth-order valence-corrected chi connectivity index (χ4v) is 2.94. The van der Waals surface area contributed by atoms with Crippen LogP contribution in [0, 0.1) is 5.82 Å². The highest BCUT2D eigenvalue weighted by atomic mass is 79.9. The summed E-state index contributed by atoms with van der Waals surface area (Å²) >= 11 is 3.23. The van der Waals surface area contributed by atoms with E-state index in [1.54, 1.807) is 0 Å². The first-order valence-electron chi connectivity index (χ1n) is 6.66. The second-order valence-corrected chi connectivity index (χ2v) is 6.18. The molecule has 1 aliphatic carbocycles. The molecular weight excluding hydrogens is 309 g/mol. The van der Waals surface area contributed by atoms with Crippen LogP contribution in [-0.2, 0) is 0 Å². The predicted molar refractivity (Wildman–Crippen MR) is 77.7 cm³/mol.